The number of imide groups is 1. The van der Waals surface area contributed by atoms with Crippen molar-refractivity contribution < 1.29 is 14.4 Å². The molecule has 2 fully saturated rings. The van der Waals surface area contributed by atoms with Gasteiger partial charge in [0, 0.05) is 24.6 Å². The van der Waals surface area contributed by atoms with E-state index in [1.165, 1.54) is 12.8 Å². The van der Waals surface area contributed by atoms with Crippen molar-refractivity contribution in [3.63, 3.8) is 0 Å². The SMILES string of the molecule is CCC1CCCCCN1C(=O)c1ccc(CC2CC(=O)NC2=O)cc1. The third kappa shape index (κ3) is 4.09. The normalized spacial score (nSPS) is 24.1. The Morgan fingerprint density at radius 2 is 1.92 bits per heavy atom. The summed E-state index contributed by atoms with van der Waals surface area (Å²) < 4.78 is 0. The van der Waals surface area contributed by atoms with Crippen LogP contribution in [0.4, 0.5) is 0 Å². The molecule has 5 heteroatoms. The Morgan fingerprint density at radius 3 is 2.56 bits per heavy atom. The molecule has 0 saturated carbocycles. The van der Waals surface area contributed by atoms with Crippen LogP contribution in [-0.4, -0.2) is 35.2 Å². The summed E-state index contributed by atoms with van der Waals surface area (Å²) in [7, 11) is 0. The van der Waals surface area contributed by atoms with Crippen molar-refractivity contribution >= 4 is 17.7 Å². The van der Waals surface area contributed by atoms with Gasteiger partial charge in [0.05, 0.1) is 5.92 Å². The maximum atomic E-state index is 12.9. The smallest absolute Gasteiger partial charge is 0.254 e. The van der Waals surface area contributed by atoms with Crippen molar-refractivity contribution in [1.82, 2.24) is 10.2 Å². The average Bonchev–Trinajstić information content (AvgIpc) is 2.80. The van der Waals surface area contributed by atoms with E-state index in [9.17, 15) is 14.4 Å². The largest absolute Gasteiger partial charge is 0.336 e. The molecule has 1 aromatic carbocycles. The fourth-order valence-corrected chi connectivity index (χ4v) is 3.87. The van der Waals surface area contributed by atoms with Gasteiger partial charge in [0.2, 0.25) is 11.8 Å². The third-order valence-electron chi connectivity index (χ3n) is 5.36. The fraction of sp³-hybridized carbons (Fsp3) is 0.550. The van der Waals surface area contributed by atoms with Crippen LogP contribution < -0.4 is 5.32 Å². The first-order valence-corrected chi connectivity index (χ1v) is 9.32. The summed E-state index contributed by atoms with van der Waals surface area (Å²) in [6, 6.07) is 7.85. The van der Waals surface area contributed by atoms with Crippen LogP contribution >= 0.6 is 0 Å². The van der Waals surface area contributed by atoms with Gasteiger partial charge in [0.25, 0.3) is 5.91 Å². The number of likely N-dealkylation sites (tertiary alicyclic amines) is 1. The molecule has 0 aromatic heterocycles. The maximum absolute atomic E-state index is 12.9. The zero-order chi connectivity index (χ0) is 17.8. The molecule has 0 spiro atoms. The highest BCUT2D eigenvalue weighted by molar-refractivity contribution is 6.03. The van der Waals surface area contributed by atoms with Gasteiger partial charge in [-0.15, -0.1) is 0 Å². The van der Waals surface area contributed by atoms with Crippen LogP contribution in [0.3, 0.4) is 0 Å². The van der Waals surface area contributed by atoms with Crippen molar-refractivity contribution in [3.8, 4) is 0 Å². The number of carbonyl (C=O) groups excluding carboxylic acids is 3. The lowest BCUT2D eigenvalue weighted by molar-refractivity contribution is -0.125. The molecule has 2 atom stereocenters. The Balaban J connectivity index is 1.67. The van der Waals surface area contributed by atoms with Gasteiger partial charge in [-0.2, -0.15) is 0 Å². The fourth-order valence-electron chi connectivity index (χ4n) is 3.87. The van der Waals surface area contributed by atoms with E-state index in [-0.39, 0.29) is 30.1 Å². The van der Waals surface area contributed by atoms with Crippen LogP contribution in [0.1, 0.15) is 61.4 Å². The summed E-state index contributed by atoms with van der Waals surface area (Å²) in [4.78, 5) is 37.9. The topological polar surface area (TPSA) is 66.5 Å². The molecular formula is C20H26N2O3. The summed E-state index contributed by atoms with van der Waals surface area (Å²) in [5.41, 5.74) is 1.69. The zero-order valence-corrected chi connectivity index (χ0v) is 14.8. The van der Waals surface area contributed by atoms with Crippen molar-refractivity contribution in [2.75, 3.05) is 6.54 Å². The Kier molecular flexibility index (Phi) is 5.51. The van der Waals surface area contributed by atoms with Gasteiger partial charge in [-0.05, 0) is 43.4 Å². The summed E-state index contributed by atoms with van der Waals surface area (Å²) in [5, 5.41) is 2.34. The Hall–Kier alpha value is -2.17. The summed E-state index contributed by atoms with van der Waals surface area (Å²) >= 11 is 0. The molecule has 1 aromatic rings. The quantitative estimate of drug-likeness (QED) is 0.856. The molecule has 3 amide bonds. The maximum Gasteiger partial charge on any atom is 0.254 e. The van der Waals surface area contributed by atoms with Crippen molar-refractivity contribution in [1.29, 1.82) is 0 Å². The van der Waals surface area contributed by atoms with Gasteiger partial charge in [-0.3, -0.25) is 19.7 Å². The van der Waals surface area contributed by atoms with Gasteiger partial charge in [-0.25, -0.2) is 0 Å². The van der Waals surface area contributed by atoms with Gasteiger partial charge in [-0.1, -0.05) is 31.9 Å². The number of benzene rings is 1. The highest BCUT2D eigenvalue weighted by atomic mass is 16.2. The molecule has 25 heavy (non-hydrogen) atoms. The first-order chi connectivity index (χ1) is 12.1. The van der Waals surface area contributed by atoms with Crippen molar-refractivity contribution in [3.05, 3.63) is 35.4 Å². The van der Waals surface area contributed by atoms with E-state index in [0.717, 1.165) is 31.4 Å². The molecule has 134 valence electrons. The molecule has 2 heterocycles. The molecule has 2 saturated heterocycles. The van der Waals surface area contributed by atoms with E-state index < -0.39 is 0 Å². The minimum Gasteiger partial charge on any atom is -0.336 e. The Labute approximate surface area is 148 Å². The number of rotatable bonds is 4. The van der Waals surface area contributed by atoms with E-state index in [0.29, 0.717) is 18.0 Å². The van der Waals surface area contributed by atoms with Gasteiger partial charge in [0.15, 0.2) is 0 Å². The van der Waals surface area contributed by atoms with Crippen LogP contribution in [0, 0.1) is 5.92 Å². The second kappa shape index (κ2) is 7.81. The van der Waals surface area contributed by atoms with E-state index in [1.54, 1.807) is 0 Å². The molecule has 1 N–H and O–H groups in total. The number of hydrogen-bond donors (Lipinski definition) is 1. The molecule has 0 aliphatic carbocycles. The molecule has 0 bridgehead atoms. The Morgan fingerprint density at radius 1 is 1.16 bits per heavy atom. The third-order valence-corrected chi connectivity index (χ3v) is 5.36. The van der Waals surface area contributed by atoms with Crippen LogP contribution in [0.2, 0.25) is 0 Å². The first-order valence-electron chi connectivity index (χ1n) is 9.32. The minimum atomic E-state index is -0.288. The predicted octanol–water partition coefficient (Wildman–Crippen LogP) is 2.69. The van der Waals surface area contributed by atoms with Gasteiger partial charge >= 0.3 is 0 Å². The molecule has 3 rings (SSSR count). The standard InChI is InChI=1S/C20H26N2O3/c1-2-17-6-4-3-5-11-22(17)20(25)15-9-7-14(8-10-15)12-16-13-18(23)21-19(16)24/h7-10,16-17H,2-6,11-13H2,1H3,(H,21,23,24). The second-order valence-corrected chi connectivity index (χ2v) is 7.12. The van der Waals surface area contributed by atoms with Crippen molar-refractivity contribution in [2.24, 2.45) is 5.92 Å². The minimum absolute atomic E-state index is 0.106. The molecule has 2 aliphatic heterocycles. The summed E-state index contributed by atoms with van der Waals surface area (Å²) in [6.45, 7) is 2.98. The van der Waals surface area contributed by atoms with Crippen LogP contribution in [-0.2, 0) is 16.0 Å². The Bertz CT molecular complexity index is 653. The molecule has 2 aliphatic rings. The van der Waals surface area contributed by atoms with Crippen LogP contribution in [0.15, 0.2) is 24.3 Å². The summed E-state index contributed by atoms with van der Waals surface area (Å²) in [5.74, 6) is -0.577. The monoisotopic (exact) mass is 342 g/mol. The first kappa shape index (κ1) is 17.6. The number of nitrogens with one attached hydrogen (secondary N) is 1. The van der Waals surface area contributed by atoms with E-state index in [4.69, 9.17) is 0 Å². The highest BCUT2D eigenvalue weighted by Gasteiger charge is 2.30. The van der Waals surface area contributed by atoms with Crippen LogP contribution in [0.5, 0.6) is 0 Å². The van der Waals surface area contributed by atoms with Gasteiger partial charge < -0.3 is 4.90 Å². The predicted molar refractivity (Wildman–Crippen MR) is 95.0 cm³/mol. The van der Waals surface area contributed by atoms with E-state index >= 15 is 0 Å². The lowest BCUT2D eigenvalue weighted by atomic mass is 9.97. The number of nitrogens with zero attached hydrogens (tertiary/aromatic N) is 1. The molecule has 2 unspecified atom stereocenters. The lowest BCUT2D eigenvalue weighted by Gasteiger charge is -2.29. The number of hydrogen-bond acceptors (Lipinski definition) is 3. The molecule has 0 radical (unpaired) electrons. The second-order valence-electron chi connectivity index (χ2n) is 7.12. The zero-order valence-electron chi connectivity index (χ0n) is 14.8. The van der Waals surface area contributed by atoms with E-state index in [1.807, 2.05) is 29.2 Å². The molecular weight excluding hydrogens is 316 g/mol. The summed E-state index contributed by atoms with van der Waals surface area (Å²) in [6.07, 6.45) is 6.34. The number of carbonyl (C=O) groups is 3. The molecule has 5 nitrogen and oxygen atoms in total. The number of amides is 3. The highest BCUT2D eigenvalue weighted by Crippen LogP contribution is 2.22. The van der Waals surface area contributed by atoms with Crippen LogP contribution in [0.25, 0.3) is 0 Å². The average molecular weight is 342 g/mol. The lowest BCUT2D eigenvalue weighted by Crippen LogP contribution is -2.39. The van der Waals surface area contributed by atoms with E-state index in [2.05, 4.69) is 12.2 Å². The van der Waals surface area contributed by atoms with Crippen molar-refractivity contribution in [2.45, 2.75) is 57.9 Å². The van der Waals surface area contributed by atoms with Gasteiger partial charge in [0.1, 0.15) is 0 Å².